The first-order valence-electron chi connectivity index (χ1n) is 12.0. The highest BCUT2D eigenvalue weighted by Gasteiger charge is 2.35. The summed E-state index contributed by atoms with van der Waals surface area (Å²) in [7, 11) is 0. The number of hydrogen-bond donors (Lipinski definition) is 2. The van der Waals surface area contributed by atoms with Crippen molar-refractivity contribution < 1.29 is 18.8 Å². The fraction of sp³-hybridized carbons (Fsp3) is 0.423. The molecule has 2 aromatic rings. The van der Waals surface area contributed by atoms with Gasteiger partial charge < -0.3 is 20.4 Å². The van der Waals surface area contributed by atoms with E-state index in [9.17, 15) is 18.8 Å². The van der Waals surface area contributed by atoms with Gasteiger partial charge in [0, 0.05) is 50.6 Å². The molecular weight excluding hydrogens is 449 g/mol. The molecule has 35 heavy (non-hydrogen) atoms. The summed E-state index contributed by atoms with van der Waals surface area (Å²) in [6.07, 6.45) is -0.0943. The second kappa shape index (κ2) is 10.9. The van der Waals surface area contributed by atoms with Gasteiger partial charge in [-0.25, -0.2) is 4.39 Å². The van der Waals surface area contributed by atoms with Crippen LogP contribution >= 0.6 is 0 Å². The van der Waals surface area contributed by atoms with Gasteiger partial charge in [-0.2, -0.15) is 0 Å². The maximum absolute atomic E-state index is 13.2. The molecule has 2 N–H and O–H groups in total. The lowest BCUT2D eigenvalue weighted by molar-refractivity contribution is -0.145. The summed E-state index contributed by atoms with van der Waals surface area (Å²) in [4.78, 5) is 44.2. The molecule has 3 amide bonds. The molecule has 2 fully saturated rings. The number of benzene rings is 2. The number of rotatable bonds is 6. The Labute approximate surface area is 205 Å². The van der Waals surface area contributed by atoms with Gasteiger partial charge in [0.15, 0.2) is 0 Å². The second-order valence-corrected chi connectivity index (χ2v) is 9.26. The summed E-state index contributed by atoms with van der Waals surface area (Å²) < 4.78 is 13.2. The Bertz CT molecular complexity index is 1060. The van der Waals surface area contributed by atoms with E-state index in [0.29, 0.717) is 31.9 Å². The lowest BCUT2D eigenvalue weighted by Gasteiger charge is -2.39. The zero-order valence-electron chi connectivity index (χ0n) is 20.2. The van der Waals surface area contributed by atoms with Crippen molar-refractivity contribution in [2.75, 3.05) is 56.0 Å². The molecule has 4 rings (SSSR count). The van der Waals surface area contributed by atoms with Gasteiger partial charge in [-0.15, -0.1) is 0 Å². The lowest BCUT2D eigenvalue weighted by atomic mass is 10.1. The van der Waals surface area contributed by atoms with E-state index in [4.69, 9.17) is 0 Å². The Kier molecular flexibility index (Phi) is 7.65. The van der Waals surface area contributed by atoms with Crippen LogP contribution in [-0.4, -0.2) is 79.4 Å². The van der Waals surface area contributed by atoms with E-state index in [0.717, 1.165) is 29.9 Å². The molecule has 2 heterocycles. The third-order valence-corrected chi connectivity index (χ3v) is 6.46. The van der Waals surface area contributed by atoms with Gasteiger partial charge in [-0.3, -0.25) is 19.3 Å². The van der Waals surface area contributed by atoms with E-state index in [1.807, 2.05) is 32.0 Å². The monoisotopic (exact) mass is 481 g/mol. The highest BCUT2D eigenvalue weighted by molar-refractivity contribution is 5.97. The topological polar surface area (TPSA) is 85.0 Å². The number of anilines is 2. The normalized spacial score (nSPS) is 18.8. The van der Waals surface area contributed by atoms with Crippen molar-refractivity contribution in [3.63, 3.8) is 0 Å². The minimum atomic E-state index is -0.831. The van der Waals surface area contributed by atoms with E-state index in [1.54, 1.807) is 12.1 Å². The van der Waals surface area contributed by atoms with E-state index < -0.39 is 6.04 Å². The predicted molar refractivity (Wildman–Crippen MR) is 133 cm³/mol. The SMILES string of the molecule is Cc1cc(C)cc(NC(=O)C[C@H]2C(=O)NCCN2C(=O)CN2CCN(c3ccc(F)cc3)CC2)c1. The van der Waals surface area contributed by atoms with Crippen LogP contribution in [0.2, 0.25) is 0 Å². The number of carbonyl (C=O) groups is 3. The van der Waals surface area contributed by atoms with Crippen molar-refractivity contribution in [1.29, 1.82) is 0 Å². The van der Waals surface area contributed by atoms with Gasteiger partial charge in [0.05, 0.1) is 13.0 Å². The average Bonchev–Trinajstić information content (AvgIpc) is 2.80. The van der Waals surface area contributed by atoms with Crippen LogP contribution in [0.5, 0.6) is 0 Å². The number of amides is 3. The van der Waals surface area contributed by atoms with Crippen LogP contribution in [0, 0.1) is 19.7 Å². The summed E-state index contributed by atoms with van der Waals surface area (Å²) in [6, 6.07) is 11.4. The molecule has 0 unspecified atom stereocenters. The summed E-state index contributed by atoms with van der Waals surface area (Å²) in [5, 5.41) is 5.64. The minimum absolute atomic E-state index is 0.0943. The van der Waals surface area contributed by atoms with Gasteiger partial charge in [-0.05, 0) is 61.4 Å². The predicted octanol–water partition coefficient (Wildman–Crippen LogP) is 1.92. The van der Waals surface area contributed by atoms with Crippen LogP contribution in [0.1, 0.15) is 17.5 Å². The summed E-state index contributed by atoms with van der Waals surface area (Å²) in [5.74, 6) is -1.02. The summed E-state index contributed by atoms with van der Waals surface area (Å²) in [6.45, 7) is 7.66. The molecular formula is C26H32FN5O3. The number of nitrogens with one attached hydrogen (secondary N) is 2. The highest BCUT2D eigenvalue weighted by atomic mass is 19.1. The quantitative estimate of drug-likeness (QED) is 0.659. The number of halogens is 1. The molecule has 2 aliphatic heterocycles. The largest absolute Gasteiger partial charge is 0.369 e. The number of hydrogen-bond acceptors (Lipinski definition) is 5. The molecule has 0 aromatic heterocycles. The molecule has 9 heteroatoms. The lowest BCUT2D eigenvalue weighted by Crippen LogP contribution is -2.60. The molecule has 0 bridgehead atoms. The average molecular weight is 482 g/mol. The van der Waals surface area contributed by atoms with E-state index >= 15 is 0 Å². The highest BCUT2D eigenvalue weighted by Crippen LogP contribution is 2.18. The van der Waals surface area contributed by atoms with Crippen LogP contribution in [0.3, 0.4) is 0 Å². The first-order valence-corrected chi connectivity index (χ1v) is 12.0. The van der Waals surface area contributed by atoms with Crippen LogP contribution < -0.4 is 15.5 Å². The smallest absolute Gasteiger partial charge is 0.243 e. The van der Waals surface area contributed by atoms with Crippen LogP contribution in [0.4, 0.5) is 15.8 Å². The van der Waals surface area contributed by atoms with Crippen molar-refractivity contribution in [2.45, 2.75) is 26.3 Å². The number of nitrogens with zero attached hydrogens (tertiary/aromatic N) is 3. The fourth-order valence-electron chi connectivity index (χ4n) is 4.75. The summed E-state index contributed by atoms with van der Waals surface area (Å²) in [5.41, 5.74) is 3.71. The maximum atomic E-state index is 13.2. The molecule has 2 aromatic carbocycles. The zero-order chi connectivity index (χ0) is 24.9. The van der Waals surface area contributed by atoms with Gasteiger partial charge in [0.2, 0.25) is 17.7 Å². The Balaban J connectivity index is 1.33. The van der Waals surface area contributed by atoms with Crippen molar-refractivity contribution in [2.24, 2.45) is 0 Å². The Morgan fingerprint density at radius 1 is 1.00 bits per heavy atom. The van der Waals surface area contributed by atoms with Crippen molar-refractivity contribution in [3.05, 3.63) is 59.4 Å². The fourth-order valence-corrected chi connectivity index (χ4v) is 4.75. The number of aryl methyl sites for hydroxylation is 2. The van der Waals surface area contributed by atoms with E-state index in [-0.39, 0.29) is 36.5 Å². The van der Waals surface area contributed by atoms with Gasteiger partial charge >= 0.3 is 0 Å². The van der Waals surface area contributed by atoms with Gasteiger partial charge in [0.1, 0.15) is 11.9 Å². The molecule has 2 aliphatic rings. The second-order valence-electron chi connectivity index (χ2n) is 9.26. The van der Waals surface area contributed by atoms with E-state index in [1.165, 1.54) is 17.0 Å². The standard InChI is InChI=1S/C26H32FN5O3/c1-18-13-19(2)15-21(14-18)29-24(33)16-23-26(35)28-7-8-32(23)25(34)17-30-9-11-31(12-10-30)22-5-3-20(27)4-6-22/h3-6,13-15,23H,7-12,16-17H2,1-2H3,(H,28,35)(H,29,33)/t23-/m0/s1. The molecule has 0 saturated carbocycles. The maximum Gasteiger partial charge on any atom is 0.243 e. The molecule has 0 radical (unpaired) electrons. The zero-order valence-corrected chi connectivity index (χ0v) is 20.2. The van der Waals surface area contributed by atoms with Crippen LogP contribution in [0.25, 0.3) is 0 Å². The molecule has 1 atom stereocenters. The number of carbonyl (C=O) groups excluding carboxylic acids is 3. The molecule has 2 saturated heterocycles. The minimum Gasteiger partial charge on any atom is -0.369 e. The summed E-state index contributed by atoms with van der Waals surface area (Å²) >= 11 is 0. The third kappa shape index (κ3) is 6.36. The Morgan fingerprint density at radius 3 is 2.31 bits per heavy atom. The Morgan fingerprint density at radius 2 is 1.66 bits per heavy atom. The first-order chi connectivity index (χ1) is 16.8. The molecule has 0 aliphatic carbocycles. The molecule has 8 nitrogen and oxygen atoms in total. The van der Waals surface area contributed by atoms with Crippen LogP contribution in [-0.2, 0) is 14.4 Å². The van der Waals surface area contributed by atoms with Crippen molar-refractivity contribution >= 4 is 29.1 Å². The van der Waals surface area contributed by atoms with Gasteiger partial charge in [-0.1, -0.05) is 6.07 Å². The van der Waals surface area contributed by atoms with E-state index in [2.05, 4.69) is 20.4 Å². The van der Waals surface area contributed by atoms with Crippen molar-refractivity contribution in [3.8, 4) is 0 Å². The third-order valence-electron chi connectivity index (χ3n) is 6.46. The van der Waals surface area contributed by atoms with Crippen LogP contribution in [0.15, 0.2) is 42.5 Å². The molecule has 186 valence electrons. The molecule has 0 spiro atoms. The van der Waals surface area contributed by atoms with Crippen molar-refractivity contribution in [1.82, 2.24) is 15.1 Å². The van der Waals surface area contributed by atoms with Gasteiger partial charge in [0.25, 0.3) is 0 Å². The number of piperazine rings is 2. The first kappa shape index (κ1) is 24.7. The Hall–Kier alpha value is -3.46.